The van der Waals surface area contributed by atoms with Crippen molar-refractivity contribution in [2.75, 3.05) is 5.32 Å². The van der Waals surface area contributed by atoms with Crippen molar-refractivity contribution in [3.05, 3.63) is 65.0 Å². The second-order valence-electron chi connectivity index (χ2n) is 8.12. The molecule has 0 aliphatic heterocycles. The summed E-state index contributed by atoms with van der Waals surface area (Å²) in [6.07, 6.45) is 2.24. The van der Waals surface area contributed by atoms with E-state index in [0.717, 1.165) is 19.3 Å². The molecule has 1 aromatic heterocycles. The summed E-state index contributed by atoms with van der Waals surface area (Å²) >= 11 is 5.96. The number of rotatable bonds is 8. The van der Waals surface area contributed by atoms with Crippen molar-refractivity contribution in [1.29, 1.82) is 0 Å². The Morgan fingerprint density at radius 1 is 1.21 bits per heavy atom. The highest BCUT2D eigenvalue weighted by molar-refractivity contribution is 6.30. The largest absolute Gasteiger partial charge is 0.481 e. The Morgan fingerprint density at radius 3 is 2.73 bits per heavy atom. The van der Waals surface area contributed by atoms with E-state index in [4.69, 9.17) is 20.8 Å². The number of amides is 2. The number of carbonyl (C=O) groups is 2. The molecule has 2 aromatic carbocycles. The summed E-state index contributed by atoms with van der Waals surface area (Å²) in [6.45, 7) is 3.64. The van der Waals surface area contributed by atoms with E-state index in [0.29, 0.717) is 39.4 Å². The van der Waals surface area contributed by atoms with Gasteiger partial charge in [-0.25, -0.2) is 4.98 Å². The average molecular weight is 468 g/mol. The second-order valence-corrected chi connectivity index (χ2v) is 8.56. The van der Waals surface area contributed by atoms with Gasteiger partial charge in [-0.2, -0.15) is 0 Å². The predicted octanol–water partition coefficient (Wildman–Crippen LogP) is 5.13. The molecule has 1 aliphatic carbocycles. The Bertz CT molecular complexity index is 1160. The zero-order valence-corrected chi connectivity index (χ0v) is 19.3. The molecule has 7 nitrogen and oxygen atoms in total. The highest BCUT2D eigenvalue weighted by atomic mass is 35.5. The van der Waals surface area contributed by atoms with Crippen LogP contribution in [0.15, 0.2) is 52.9 Å². The Hall–Kier alpha value is -3.32. The maximum absolute atomic E-state index is 12.5. The van der Waals surface area contributed by atoms with Crippen LogP contribution in [0.5, 0.6) is 5.75 Å². The van der Waals surface area contributed by atoms with E-state index in [1.807, 2.05) is 24.3 Å². The number of aromatic nitrogens is 1. The van der Waals surface area contributed by atoms with Crippen molar-refractivity contribution in [2.45, 2.75) is 45.8 Å². The topological polar surface area (TPSA) is 93.5 Å². The zero-order valence-electron chi connectivity index (χ0n) is 18.6. The van der Waals surface area contributed by atoms with Crippen molar-refractivity contribution in [3.63, 3.8) is 0 Å². The van der Waals surface area contributed by atoms with Gasteiger partial charge in [-0.3, -0.25) is 9.59 Å². The number of ether oxygens (including phenoxy) is 1. The van der Waals surface area contributed by atoms with Crippen LogP contribution < -0.4 is 15.4 Å². The molecule has 1 atom stereocenters. The Morgan fingerprint density at radius 2 is 2.00 bits per heavy atom. The fraction of sp³-hybridized carbons (Fsp3) is 0.320. The summed E-state index contributed by atoms with van der Waals surface area (Å²) in [4.78, 5) is 29.5. The molecule has 1 aliphatic rings. The van der Waals surface area contributed by atoms with Gasteiger partial charge in [-0.15, -0.1) is 0 Å². The maximum atomic E-state index is 12.5. The van der Waals surface area contributed by atoms with E-state index in [1.54, 1.807) is 38.1 Å². The number of anilines is 1. The molecule has 2 amide bonds. The van der Waals surface area contributed by atoms with E-state index in [2.05, 4.69) is 15.6 Å². The first-order valence-electron chi connectivity index (χ1n) is 11.0. The number of oxazole rings is 1. The fourth-order valence-corrected chi connectivity index (χ4v) is 3.68. The number of para-hydroxylation sites is 1. The van der Waals surface area contributed by atoms with Gasteiger partial charge in [-0.05, 0) is 57.0 Å². The molecule has 1 saturated carbocycles. The lowest BCUT2D eigenvalue weighted by Crippen LogP contribution is -2.36. The second kappa shape index (κ2) is 10.1. The third-order valence-electron chi connectivity index (χ3n) is 5.69. The minimum Gasteiger partial charge on any atom is -0.481 e. The van der Waals surface area contributed by atoms with Crippen molar-refractivity contribution in [2.24, 2.45) is 5.92 Å². The first kappa shape index (κ1) is 22.9. The lowest BCUT2D eigenvalue weighted by Gasteiger charge is -2.24. The highest BCUT2D eigenvalue weighted by Gasteiger charge is 2.26. The van der Waals surface area contributed by atoms with Crippen LogP contribution >= 0.6 is 11.6 Å². The molecule has 3 aromatic rings. The maximum Gasteiger partial charge on any atom is 0.261 e. The minimum absolute atomic E-state index is 0.0261. The van der Waals surface area contributed by atoms with Crippen LogP contribution in [-0.4, -0.2) is 22.9 Å². The van der Waals surface area contributed by atoms with Gasteiger partial charge >= 0.3 is 0 Å². The standard InChI is InChI=1S/C25H26ClN3O4/c1-15-22(14-27-23(30)16(2)32-19-10-6-9-18(26)13-19)29-25(33-15)20-11-3-4-12-21(20)28-24(31)17-7-5-8-17/h3-4,6,9-13,16-17H,5,7-8,14H2,1-2H3,(H,27,30)(H,28,31)/t16-/m0/s1. The summed E-state index contributed by atoms with van der Waals surface area (Å²) in [5.74, 6) is 1.32. The van der Waals surface area contributed by atoms with Crippen molar-refractivity contribution in [1.82, 2.24) is 10.3 Å². The fourth-order valence-electron chi connectivity index (χ4n) is 3.50. The number of hydrogen-bond donors (Lipinski definition) is 2. The Labute approximate surface area is 197 Å². The normalized spacial score (nSPS) is 14.3. The molecule has 4 rings (SSSR count). The van der Waals surface area contributed by atoms with Gasteiger partial charge < -0.3 is 19.8 Å². The third-order valence-corrected chi connectivity index (χ3v) is 5.93. The summed E-state index contributed by atoms with van der Waals surface area (Å²) in [6, 6.07) is 14.3. The van der Waals surface area contributed by atoms with E-state index < -0.39 is 6.10 Å². The number of halogens is 1. The molecular weight excluding hydrogens is 442 g/mol. The van der Waals surface area contributed by atoms with Gasteiger partial charge in [-0.1, -0.05) is 36.2 Å². The van der Waals surface area contributed by atoms with Crippen LogP contribution in [0.1, 0.15) is 37.6 Å². The van der Waals surface area contributed by atoms with Gasteiger partial charge in [0.1, 0.15) is 17.2 Å². The minimum atomic E-state index is -0.711. The van der Waals surface area contributed by atoms with Crippen LogP contribution in [-0.2, 0) is 16.1 Å². The van der Waals surface area contributed by atoms with Crippen molar-refractivity contribution in [3.8, 4) is 17.2 Å². The van der Waals surface area contributed by atoms with E-state index >= 15 is 0 Å². The molecule has 1 fully saturated rings. The summed E-state index contributed by atoms with van der Waals surface area (Å²) in [5.41, 5.74) is 1.96. The van der Waals surface area contributed by atoms with Crippen LogP contribution in [0.3, 0.4) is 0 Å². The highest BCUT2D eigenvalue weighted by Crippen LogP contribution is 2.32. The molecule has 0 saturated heterocycles. The van der Waals surface area contributed by atoms with Gasteiger partial charge in [0, 0.05) is 10.9 Å². The molecule has 1 heterocycles. The van der Waals surface area contributed by atoms with Crippen molar-refractivity contribution >= 4 is 29.1 Å². The lowest BCUT2D eigenvalue weighted by atomic mass is 9.85. The molecule has 0 radical (unpaired) electrons. The van der Waals surface area contributed by atoms with Gasteiger partial charge in [0.05, 0.1) is 17.8 Å². The molecule has 172 valence electrons. The zero-order chi connectivity index (χ0) is 23.4. The average Bonchev–Trinajstić information content (AvgIpc) is 3.11. The molecular formula is C25H26ClN3O4. The summed E-state index contributed by atoms with van der Waals surface area (Å²) in [7, 11) is 0. The summed E-state index contributed by atoms with van der Waals surface area (Å²) < 4.78 is 11.5. The molecule has 0 spiro atoms. The number of nitrogens with zero attached hydrogens (tertiary/aromatic N) is 1. The Kier molecular flexibility index (Phi) is 6.99. The number of hydrogen-bond acceptors (Lipinski definition) is 5. The van der Waals surface area contributed by atoms with Gasteiger partial charge in [0.15, 0.2) is 6.10 Å². The monoisotopic (exact) mass is 467 g/mol. The van der Waals surface area contributed by atoms with E-state index in [1.165, 1.54) is 0 Å². The molecule has 0 bridgehead atoms. The SMILES string of the molecule is Cc1oc(-c2ccccc2NC(=O)C2CCC2)nc1CNC(=O)[C@H](C)Oc1cccc(Cl)c1. The quantitative estimate of drug-likeness (QED) is 0.479. The molecule has 2 N–H and O–H groups in total. The number of carbonyl (C=O) groups excluding carboxylic acids is 2. The third kappa shape index (κ3) is 5.54. The lowest BCUT2D eigenvalue weighted by molar-refractivity contribution is -0.127. The predicted molar refractivity (Wildman–Crippen MR) is 126 cm³/mol. The molecule has 33 heavy (non-hydrogen) atoms. The van der Waals surface area contributed by atoms with Gasteiger partial charge in [0.25, 0.3) is 5.91 Å². The van der Waals surface area contributed by atoms with Crippen LogP contribution in [0.2, 0.25) is 5.02 Å². The van der Waals surface area contributed by atoms with Gasteiger partial charge in [0.2, 0.25) is 11.8 Å². The molecule has 8 heteroatoms. The van der Waals surface area contributed by atoms with Crippen LogP contribution in [0.25, 0.3) is 11.5 Å². The number of nitrogens with one attached hydrogen (secondary N) is 2. The van der Waals surface area contributed by atoms with E-state index in [-0.39, 0.29) is 24.3 Å². The van der Waals surface area contributed by atoms with E-state index in [9.17, 15) is 9.59 Å². The number of aryl methyl sites for hydroxylation is 1. The van der Waals surface area contributed by atoms with Crippen molar-refractivity contribution < 1.29 is 18.7 Å². The smallest absolute Gasteiger partial charge is 0.261 e. The first-order valence-corrected chi connectivity index (χ1v) is 11.3. The first-order chi connectivity index (χ1) is 15.9. The Balaban J connectivity index is 1.40. The van der Waals surface area contributed by atoms with Crippen LogP contribution in [0.4, 0.5) is 5.69 Å². The summed E-state index contributed by atoms with van der Waals surface area (Å²) in [5, 5.41) is 6.36. The molecule has 0 unspecified atom stereocenters. The number of benzene rings is 2. The van der Waals surface area contributed by atoms with Crippen LogP contribution in [0, 0.1) is 12.8 Å².